The number of rotatable bonds is 10. The van der Waals surface area contributed by atoms with Gasteiger partial charge in [0.15, 0.2) is 0 Å². The van der Waals surface area contributed by atoms with Crippen LogP contribution in [0.5, 0.6) is 5.88 Å². The molecule has 180 valence electrons. The number of ketones is 1. The molecule has 0 saturated heterocycles. The first-order valence-corrected chi connectivity index (χ1v) is 12.5. The maximum absolute atomic E-state index is 13.1. The Morgan fingerprint density at radius 1 is 1.03 bits per heavy atom. The van der Waals surface area contributed by atoms with Crippen molar-refractivity contribution in [1.82, 2.24) is 4.98 Å². The van der Waals surface area contributed by atoms with Crippen LogP contribution in [0.25, 0.3) is 0 Å². The summed E-state index contributed by atoms with van der Waals surface area (Å²) in [7, 11) is -3.54. The van der Waals surface area contributed by atoms with Gasteiger partial charge in [-0.1, -0.05) is 30.3 Å². The van der Waals surface area contributed by atoms with Crippen LogP contribution in [-0.4, -0.2) is 31.0 Å². The summed E-state index contributed by atoms with van der Waals surface area (Å²) in [5.74, 6) is -0.264. The molecule has 1 heterocycles. The van der Waals surface area contributed by atoms with Crippen LogP contribution in [0.3, 0.4) is 0 Å². The van der Waals surface area contributed by atoms with E-state index < -0.39 is 21.9 Å². The topological polar surface area (TPSA) is 99.4 Å². The smallest absolute Gasteiger partial charge is 0.433 e. The molecule has 1 fully saturated rings. The number of nitrogens with zero attached hydrogens (tertiary/aromatic N) is 1. The van der Waals surface area contributed by atoms with E-state index in [-0.39, 0.29) is 49.2 Å². The zero-order chi connectivity index (χ0) is 24.1. The molecule has 6 nitrogen and oxygen atoms in total. The molecule has 0 radical (unpaired) electrons. The highest BCUT2D eigenvalue weighted by atomic mass is 32.2. The molecule has 0 atom stereocenters. The Hall–Kier alpha value is -2.46. The van der Waals surface area contributed by atoms with Crippen LogP contribution >= 0.6 is 0 Å². The van der Waals surface area contributed by atoms with Crippen LogP contribution in [-0.2, 0) is 40.3 Å². The zero-order valence-corrected chi connectivity index (χ0v) is 18.9. The number of carbonyl (C=O) groups excluding carboxylic acids is 1. The van der Waals surface area contributed by atoms with E-state index in [2.05, 4.69) is 4.98 Å². The fraction of sp³-hybridized carbons (Fsp3) is 0.478. The van der Waals surface area contributed by atoms with Gasteiger partial charge >= 0.3 is 6.18 Å². The van der Waals surface area contributed by atoms with Crippen molar-refractivity contribution in [2.75, 3.05) is 5.75 Å². The SMILES string of the molecule is NS(=O)(=O)CCc1ccc(CC(=O)CCc2ccc(C(F)(F)F)nc2OC2CCCC2)cc1. The lowest BCUT2D eigenvalue weighted by atomic mass is 10.0. The van der Waals surface area contributed by atoms with E-state index in [1.54, 1.807) is 24.3 Å². The number of hydrogen-bond donors (Lipinski definition) is 1. The molecule has 33 heavy (non-hydrogen) atoms. The Labute approximate surface area is 191 Å². The summed E-state index contributed by atoms with van der Waals surface area (Å²) < 4.78 is 67.2. The highest BCUT2D eigenvalue weighted by Gasteiger charge is 2.33. The Balaban J connectivity index is 1.60. The normalized spacial score (nSPS) is 15.0. The van der Waals surface area contributed by atoms with Gasteiger partial charge < -0.3 is 4.74 Å². The number of benzene rings is 1. The molecule has 0 bridgehead atoms. The molecular formula is C23H27F3N2O4S. The van der Waals surface area contributed by atoms with Gasteiger partial charge in [0.2, 0.25) is 15.9 Å². The first kappa shape index (κ1) is 25.2. The number of Topliss-reactive ketones (excluding diaryl/α,β-unsaturated/α-hetero) is 1. The highest BCUT2D eigenvalue weighted by molar-refractivity contribution is 7.89. The standard InChI is InChI=1S/C23H27F3N2O4S/c24-23(25,26)21-12-10-18(22(28-21)32-20-3-1-2-4-20)9-11-19(29)15-17-7-5-16(6-8-17)13-14-33(27,30)31/h5-8,10,12,20H,1-4,9,11,13-15H2,(H2,27,30,31). The third-order valence-corrected chi connectivity index (χ3v) is 6.36. The predicted molar refractivity (Wildman–Crippen MR) is 117 cm³/mol. The molecule has 10 heteroatoms. The number of aryl methyl sites for hydroxylation is 2. The second kappa shape index (κ2) is 10.6. The second-order valence-electron chi connectivity index (χ2n) is 8.33. The third-order valence-electron chi connectivity index (χ3n) is 5.58. The Kier molecular flexibility index (Phi) is 8.12. The summed E-state index contributed by atoms with van der Waals surface area (Å²) in [6.45, 7) is 0. The average Bonchev–Trinajstić information content (AvgIpc) is 3.24. The van der Waals surface area contributed by atoms with Crippen molar-refractivity contribution in [3.8, 4) is 5.88 Å². The average molecular weight is 485 g/mol. The van der Waals surface area contributed by atoms with Crippen LogP contribution in [0.15, 0.2) is 36.4 Å². The number of hydrogen-bond acceptors (Lipinski definition) is 5. The van der Waals surface area contributed by atoms with E-state index in [1.807, 2.05) is 0 Å². The predicted octanol–water partition coefficient (Wildman–Crippen LogP) is 4.00. The molecule has 1 aromatic carbocycles. The molecule has 1 aliphatic carbocycles. The summed E-state index contributed by atoms with van der Waals surface area (Å²) >= 11 is 0. The number of primary sulfonamides is 1. The van der Waals surface area contributed by atoms with Crippen LogP contribution in [0.2, 0.25) is 0 Å². The van der Waals surface area contributed by atoms with Gasteiger partial charge in [0.25, 0.3) is 0 Å². The van der Waals surface area contributed by atoms with E-state index in [0.717, 1.165) is 42.9 Å². The van der Waals surface area contributed by atoms with Crippen LogP contribution in [0.4, 0.5) is 13.2 Å². The second-order valence-corrected chi connectivity index (χ2v) is 10.1. The lowest BCUT2D eigenvalue weighted by molar-refractivity contribution is -0.141. The molecule has 1 aromatic heterocycles. The van der Waals surface area contributed by atoms with Crippen LogP contribution < -0.4 is 9.88 Å². The molecule has 0 unspecified atom stereocenters. The van der Waals surface area contributed by atoms with E-state index in [9.17, 15) is 26.4 Å². The van der Waals surface area contributed by atoms with E-state index in [4.69, 9.17) is 9.88 Å². The van der Waals surface area contributed by atoms with Crippen LogP contribution in [0, 0.1) is 0 Å². The van der Waals surface area contributed by atoms with Gasteiger partial charge in [0.05, 0.1) is 5.75 Å². The van der Waals surface area contributed by atoms with Gasteiger partial charge in [-0.2, -0.15) is 13.2 Å². The Morgan fingerprint density at radius 3 is 2.27 bits per heavy atom. The zero-order valence-electron chi connectivity index (χ0n) is 18.1. The maximum atomic E-state index is 13.1. The van der Waals surface area contributed by atoms with Crippen molar-refractivity contribution in [2.24, 2.45) is 5.14 Å². The summed E-state index contributed by atoms with van der Waals surface area (Å²) in [6.07, 6.45) is -0.380. The van der Waals surface area contributed by atoms with Gasteiger partial charge in [-0.3, -0.25) is 4.79 Å². The quantitative estimate of drug-likeness (QED) is 0.550. The minimum Gasteiger partial charge on any atom is -0.474 e. The molecule has 2 aromatic rings. The van der Waals surface area contributed by atoms with Crippen molar-refractivity contribution in [3.05, 3.63) is 58.8 Å². The van der Waals surface area contributed by atoms with Crippen molar-refractivity contribution in [1.29, 1.82) is 0 Å². The lowest BCUT2D eigenvalue weighted by Crippen LogP contribution is -2.17. The molecule has 0 spiro atoms. The Morgan fingerprint density at radius 2 is 1.67 bits per heavy atom. The fourth-order valence-electron chi connectivity index (χ4n) is 3.76. The van der Waals surface area contributed by atoms with Gasteiger partial charge in [0, 0.05) is 18.4 Å². The summed E-state index contributed by atoms with van der Waals surface area (Å²) in [4.78, 5) is 16.2. The monoisotopic (exact) mass is 484 g/mol. The van der Waals surface area contributed by atoms with Gasteiger partial charge in [-0.15, -0.1) is 0 Å². The van der Waals surface area contributed by atoms with Crippen molar-refractivity contribution < 1.29 is 31.1 Å². The minimum absolute atomic E-state index is 0.0382. The van der Waals surface area contributed by atoms with Gasteiger partial charge in [-0.25, -0.2) is 18.5 Å². The molecule has 0 aliphatic heterocycles. The fourth-order valence-corrected chi connectivity index (χ4v) is 4.28. The number of ether oxygens (including phenoxy) is 1. The van der Waals surface area contributed by atoms with E-state index >= 15 is 0 Å². The lowest BCUT2D eigenvalue weighted by Gasteiger charge is -2.17. The minimum atomic E-state index is -4.57. The number of halogens is 3. The number of carbonyl (C=O) groups is 1. The number of alkyl halides is 3. The molecule has 1 saturated carbocycles. The molecule has 0 amide bonds. The third kappa shape index (κ3) is 8.12. The van der Waals surface area contributed by atoms with Gasteiger partial charge in [0.1, 0.15) is 17.6 Å². The molecule has 2 N–H and O–H groups in total. The van der Waals surface area contributed by atoms with Gasteiger partial charge in [-0.05, 0) is 55.7 Å². The van der Waals surface area contributed by atoms with E-state index in [1.165, 1.54) is 6.07 Å². The van der Waals surface area contributed by atoms with Crippen molar-refractivity contribution in [2.45, 2.75) is 63.6 Å². The first-order valence-electron chi connectivity index (χ1n) is 10.8. The number of aromatic nitrogens is 1. The number of nitrogens with two attached hydrogens (primary N) is 1. The largest absolute Gasteiger partial charge is 0.474 e. The molecule has 1 aliphatic rings. The van der Waals surface area contributed by atoms with Crippen molar-refractivity contribution in [3.63, 3.8) is 0 Å². The van der Waals surface area contributed by atoms with Crippen molar-refractivity contribution >= 4 is 15.8 Å². The number of pyridine rings is 1. The summed E-state index contributed by atoms with van der Waals surface area (Å²) in [5, 5.41) is 5.00. The van der Waals surface area contributed by atoms with Crippen LogP contribution in [0.1, 0.15) is 54.5 Å². The summed E-state index contributed by atoms with van der Waals surface area (Å²) in [5.41, 5.74) is 1.05. The molecule has 3 rings (SSSR count). The first-order chi connectivity index (χ1) is 15.5. The highest BCUT2D eigenvalue weighted by Crippen LogP contribution is 2.32. The summed E-state index contributed by atoms with van der Waals surface area (Å²) in [6, 6.07) is 9.27. The number of sulfonamides is 1. The van der Waals surface area contributed by atoms with E-state index in [0.29, 0.717) is 5.56 Å². The Bertz CT molecular complexity index is 1060. The molecular weight excluding hydrogens is 457 g/mol. The maximum Gasteiger partial charge on any atom is 0.433 e.